The number of hydrogen-bond donors (Lipinski definition) is 0. The van der Waals surface area contributed by atoms with Crippen molar-refractivity contribution in [2.75, 3.05) is 24.0 Å². The lowest BCUT2D eigenvalue weighted by Gasteiger charge is -2.22. The van der Waals surface area contributed by atoms with Crippen molar-refractivity contribution < 1.29 is 4.79 Å². The number of nitrogens with zero attached hydrogens (tertiary/aromatic N) is 4. The molecule has 0 amide bonds. The van der Waals surface area contributed by atoms with Crippen molar-refractivity contribution in [2.24, 2.45) is 5.10 Å². The SMILES string of the molecule is CC(=O)c1sc(N2N=C(C)CC2c2ccc(N(C)C)cc2)nc1C. The second-order valence-corrected chi connectivity index (χ2v) is 7.33. The van der Waals surface area contributed by atoms with Crippen LogP contribution in [0.1, 0.15) is 47.2 Å². The number of aromatic nitrogens is 1. The third kappa shape index (κ3) is 3.06. The summed E-state index contributed by atoms with van der Waals surface area (Å²) in [6.07, 6.45) is 0.870. The molecule has 0 radical (unpaired) electrons. The zero-order valence-electron chi connectivity index (χ0n) is 14.7. The Morgan fingerprint density at radius 2 is 1.92 bits per heavy atom. The van der Waals surface area contributed by atoms with Gasteiger partial charge in [0.25, 0.3) is 0 Å². The molecule has 5 nitrogen and oxygen atoms in total. The van der Waals surface area contributed by atoms with Crippen LogP contribution in [0.15, 0.2) is 29.4 Å². The molecule has 6 heteroatoms. The Morgan fingerprint density at radius 1 is 1.25 bits per heavy atom. The van der Waals surface area contributed by atoms with Crippen LogP contribution in [0.25, 0.3) is 0 Å². The molecule has 0 aliphatic carbocycles. The van der Waals surface area contributed by atoms with E-state index in [0.717, 1.165) is 23.0 Å². The molecule has 126 valence electrons. The van der Waals surface area contributed by atoms with Crippen molar-refractivity contribution in [2.45, 2.75) is 33.2 Å². The van der Waals surface area contributed by atoms with E-state index in [4.69, 9.17) is 0 Å². The van der Waals surface area contributed by atoms with Gasteiger partial charge in [-0.3, -0.25) is 4.79 Å². The zero-order chi connectivity index (χ0) is 17.4. The van der Waals surface area contributed by atoms with Gasteiger partial charge >= 0.3 is 0 Å². The topological polar surface area (TPSA) is 48.8 Å². The minimum Gasteiger partial charge on any atom is -0.378 e. The van der Waals surface area contributed by atoms with E-state index in [2.05, 4.69) is 39.3 Å². The Balaban J connectivity index is 1.94. The van der Waals surface area contributed by atoms with Crippen molar-refractivity contribution in [3.63, 3.8) is 0 Å². The highest BCUT2D eigenvalue weighted by molar-refractivity contribution is 7.17. The normalized spacial score (nSPS) is 17.1. The average Bonchev–Trinajstić information content (AvgIpc) is 3.10. The summed E-state index contributed by atoms with van der Waals surface area (Å²) in [6, 6.07) is 8.66. The Bertz CT molecular complexity index is 792. The van der Waals surface area contributed by atoms with E-state index >= 15 is 0 Å². The number of carbonyl (C=O) groups is 1. The monoisotopic (exact) mass is 342 g/mol. The predicted molar refractivity (Wildman–Crippen MR) is 101 cm³/mol. The molecular formula is C18H22N4OS. The number of rotatable bonds is 4. The fraction of sp³-hybridized carbons (Fsp3) is 0.389. The summed E-state index contributed by atoms with van der Waals surface area (Å²) in [5.41, 5.74) is 4.24. The number of ketones is 1. The van der Waals surface area contributed by atoms with Crippen molar-refractivity contribution >= 4 is 33.7 Å². The summed E-state index contributed by atoms with van der Waals surface area (Å²) < 4.78 is 0. The number of aryl methyl sites for hydroxylation is 1. The van der Waals surface area contributed by atoms with Gasteiger partial charge in [0.1, 0.15) is 0 Å². The first kappa shape index (κ1) is 16.6. The summed E-state index contributed by atoms with van der Waals surface area (Å²) >= 11 is 1.42. The van der Waals surface area contributed by atoms with E-state index in [0.29, 0.717) is 4.88 Å². The highest BCUT2D eigenvalue weighted by Crippen LogP contribution is 2.38. The van der Waals surface area contributed by atoms with E-state index in [1.807, 2.05) is 33.0 Å². The highest BCUT2D eigenvalue weighted by atomic mass is 32.1. The maximum atomic E-state index is 11.7. The molecule has 1 aliphatic rings. The van der Waals surface area contributed by atoms with E-state index in [9.17, 15) is 4.79 Å². The maximum Gasteiger partial charge on any atom is 0.207 e. The molecular weight excluding hydrogens is 320 g/mol. The summed E-state index contributed by atoms with van der Waals surface area (Å²) in [5.74, 6) is 0.0584. The fourth-order valence-corrected chi connectivity index (χ4v) is 3.86. The molecule has 1 aromatic carbocycles. The molecule has 24 heavy (non-hydrogen) atoms. The molecule has 1 aliphatic heterocycles. The van der Waals surface area contributed by atoms with Crippen molar-refractivity contribution in [1.82, 2.24) is 4.98 Å². The lowest BCUT2D eigenvalue weighted by atomic mass is 10.0. The van der Waals surface area contributed by atoms with Gasteiger partial charge in [-0.05, 0) is 31.5 Å². The molecule has 2 aromatic rings. The van der Waals surface area contributed by atoms with Gasteiger partial charge in [-0.1, -0.05) is 23.5 Å². The van der Waals surface area contributed by atoms with Crippen LogP contribution in [0.3, 0.4) is 0 Å². The molecule has 1 aromatic heterocycles. The summed E-state index contributed by atoms with van der Waals surface area (Å²) in [6.45, 7) is 5.50. The van der Waals surface area contributed by atoms with Gasteiger partial charge in [-0.2, -0.15) is 5.10 Å². The largest absolute Gasteiger partial charge is 0.378 e. The Kier molecular flexibility index (Phi) is 4.41. The van der Waals surface area contributed by atoms with Crippen LogP contribution in [0, 0.1) is 6.92 Å². The predicted octanol–water partition coefficient (Wildman–Crippen LogP) is 4.05. The molecule has 0 fully saturated rings. The third-order valence-electron chi connectivity index (χ3n) is 4.16. The van der Waals surface area contributed by atoms with Gasteiger partial charge in [0.15, 0.2) is 5.78 Å². The molecule has 0 N–H and O–H groups in total. The second-order valence-electron chi connectivity index (χ2n) is 6.35. The molecule has 1 atom stereocenters. The molecule has 0 saturated carbocycles. The highest BCUT2D eigenvalue weighted by Gasteiger charge is 2.30. The molecule has 2 heterocycles. The number of hydrogen-bond acceptors (Lipinski definition) is 6. The van der Waals surface area contributed by atoms with Gasteiger partial charge < -0.3 is 4.90 Å². The summed E-state index contributed by atoms with van der Waals surface area (Å²) in [4.78, 5) is 19.1. The van der Waals surface area contributed by atoms with Crippen LogP contribution in [0.5, 0.6) is 0 Å². The minimum absolute atomic E-state index is 0.0584. The van der Waals surface area contributed by atoms with Crippen LogP contribution >= 0.6 is 11.3 Å². The smallest absolute Gasteiger partial charge is 0.207 e. The zero-order valence-corrected chi connectivity index (χ0v) is 15.5. The van der Waals surface area contributed by atoms with Crippen LogP contribution in [-0.4, -0.2) is 30.6 Å². The summed E-state index contributed by atoms with van der Waals surface area (Å²) in [5, 5.41) is 7.41. The Hall–Kier alpha value is -2.21. The average molecular weight is 342 g/mol. The van der Waals surface area contributed by atoms with E-state index in [1.54, 1.807) is 6.92 Å². The molecule has 0 bridgehead atoms. The Morgan fingerprint density at radius 3 is 2.46 bits per heavy atom. The number of benzene rings is 1. The number of thiazole rings is 1. The first-order valence-electron chi connectivity index (χ1n) is 7.95. The summed E-state index contributed by atoms with van der Waals surface area (Å²) in [7, 11) is 4.07. The van der Waals surface area contributed by atoms with Gasteiger partial charge in [-0.15, -0.1) is 0 Å². The number of anilines is 2. The van der Waals surface area contributed by atoms with E-state index in [1.165, 1.54) is 22.6 Å². The first-order chi connectivity index (χ1) is 11.4. The fourth-order valence-electron chi connectivity index (χ4n) is 2.90. The van der Waals surface area contributed by atoms with Crippen LogP contribution in [0.2, 0.25) is 0 Å². The maximum absolute atomic E-state index is 11.7. The van der Waals surface area contributed by atoms with E-state index in [-0.39, 0.29) is 11.8 Å². The second kappa shape index (κ2) is 6.36. The number of Topliss-reactive ketones (excluding diaryl/α,β-unsaturated/α-hetero) is 1. The van der Waals surface area contributed by atoms with Crippen molar-refractivity contribution in [1.29, 1.82) is 0 Å². The van der Waals surface area contributed by atoms with Gasteiger partial charge in [0.2, 0.25) is 5.13 Å². The van der Waals surface area contributed by atoms with Crippen LogP contribution in [-0.2, 0) is 0 Å². The van der Waals surface area contributed by atoms with Gasteiger partial charge in [-0.25, -0.2) is 9.99 Å². The molecule has 0 spiro atoms. The Labute approximate surface area is 146 Å². The third-order valence-corrected chi connectivity index (χ3v) is 5.41. The van der Waals surface area contributed by atoms with Crippen molar-refractivity contribution in [3.8, 4) is 0 Å². The quantitative estimate of drug-likeness (QED) is 0.787. The number of hydrazone groups is 1. The molecule has 0 saturated heterocycles. The van der Waals surface area contributed by atoms with Crippen molar-refractivity contribution in [3.05, 3.63) is 40.4 Å². The lowest BCUT2D eigenvalue weighted by Crippen LogP contribution is -2.18. The van der Waals surface area contributed by atoms with Gasteiger partial charge in [0, 0.05) is 38.8 Å². The number of carbonyl (C=O) groups excluding carboxylic acids is 1. The van der Waals surface area contributed by atoms with Crippen LogP contribution < -0.4 is 9.91 Å². The first-order valence-corrected chi connectivity index (χ1v) is 8.77. The molecule has 1 unspecified atom stereocenters. The lowest BCUT2D eigenvalue weighted by molar-refractivity contribution is 0.102. The minimum atomic E-state index is 0.0584. The van der Waals surface area contributed by atoms with E-state index < -0.39 is 0 Å². The molecule has 3 rings (SSSR count). The van der Waals surface area contributed by atoms with Crippen LogP contribution in [0.4, 0.5) is 10.8 Å². The standard InChI is InChI=1S/C18H22N4OS/c1-11-10-16(14-6-8-15(9-7-14)21(4)5)22(20-11)18-19-12(2)17(24-18)13(3)23/h6-9,16H,10H2,1-5H3. The van der Waals surface area contributed by atoms with Gasteiger partial charge in [0.05, 0.1) is 16.6 Å².